The maximum atomic E-state index is 13.5. The predicted octanol–water partition coefficient (Wildman–Crippen LogP) is 5.81. The number of dihydropyridines is 1. The fourth-order valence-electron chi connectivity index (χ4n) is 4.85. The van der Waals surface area contributed by atoms with Crippen molar-refractivity contribution < 1.29 is 23.8 Å². The zero-order valence-electron chi connectivity index (χ0n) is 20.7. The molecule has 1 aliphatic heterocycles. The third kappa shape index (κ3) is 5.15. The molecule has 0 spiro atoms. The fourth-order valence-corrected chi connectivity index (χ4v) is 5.41. The zero-order chi connectivity index (χ0) is 25.3. The third-order valence-corrected chi connectivity index (χ3v) is 7.12. The molecule has 1 heterocycles. The maximum absolute atomic E-state index is 13.5. The maximum Gasteiger partial charge on any atom is 0.337 e. The van der Waals surface area contributed by atoms with Gasteiger partial charge in [0.15, 0.2) is 5.78 Å². The van der Waals surface area contributed by atoms with Gasteiger partial charge in [0.25, 0.3) is 0 Å². The van der Waals surface area contributed by atoms with Gasteiger partial charge in [0.1, 0.15) is 18.1 Å². The highest BCUT2D eigenvalue weighted by molar-refractivity contribution is 9.10. The first-order chi connectivity index (χ1) is 16.6. The number of carbonyl (C=O) groups is 2. The van der Waals surface area contributed by atoms with Crippen molar-refractivity contribution in [2.75, 3.05) is 14.2 Å². The summed E-state index contributed by atoms with van der Waals surface area (Å²) in [5, 5.41) is 3.37. The van der Waals surface area contributed by atoms with Crippen LogP contribution in [0.3, 0.4) is 0 Å². The molecule has 1 N–H and O–H groups in total. The van der Waals surface area contributed by atoms with Crippen LogP contribution in [0.4, 0.5) is 0 Å². The number of ether oxygens (including phenoxy) is 3. The van der Waals surface area contributed by atoms with E-state index >= 15 is 0 Å². The molecule has 1 unspecified atom stereocenters. The molecule has 35 heavy (non-hydrogen) atoms. The van der Waals surface area contributed by atoms with E-state index in [0.29, 0.717) is 29.0 Å². The Labute approximate surface area is 214 Å². The summed E-state index contributed by atoms with van der Waals surface area (Å²) in [4.78, 5) is 26.9. The van der Waals surface area contributed by atoms with E-state index < -0.39 is 11.9 Å². The Hall–Kier alpha value is -3.06. The lowest BCUT2D eigenvalue weighted by atomic mass is 9.68. The van der Waals surface area contributed by atoms with Crippen molar-refractivity contribution in [1.82, 2.24) is 5.32 Å². The number of carbonyl (C=O) groups excluding carboxylic acids is 2. The van der Waals surface area contributed by atoms with Crippen LogP contribution in [0.15, 0.2) is 69.5 Å². The van der Waals surface area contributed by atoms with Gasteiger partial charge in [-0.05, 0) is 70.1 Å². The number of benzene rings is 2. The second-order valence-corrected chi connectivity index (χ2v) is 10.6. The van der Waals surface area contributed by atoms with Gasteiger partial charge in [-0.2, -0.15) is 0 Å². The van der Waals surface area contributed by atoms with Crippen molar-refractivity contribution in [2.45, 2.75) is 46.1 Å². The van der Waals surface area contributed by atoms with Crippen LogP contribution in [-0.2, 0) is 20.9 Å². The molecular formula is C28H30BrNO5. The summed E-state index contributed by atoms with van der Waals surface area (Å²) in [7, 11) is 3.21. The van der Waals surface area contributed by atoms with E-state index in [1.165, 1.54) is 0 Å². The molecule has 4 rings (SSSR count). The molecule has 2 aromatic rings. The molecule has 0 amide bonds. The highest BCUT2D eigenvalue weighted by atomic mass is 79.9. The Morgan fingerprint density at radius 1 is 1.09 bits per heavy atom. The molecule has 1 atom stereocenters. The van der Waals surface area contributed by atoms with Crippen LogP contribution in [0.2, 0.25) is 0 Å². The first-order valence-corrected chi connectivity index (χ1v) is 12.3. The number of esters is 1. The molecule has 184 valence electrons. The molecule has 0 saturated carbocycles. The van der Waals surface area contributed by atoms with Gasteiger partial charge >= 0.3 is 5.97 Å². The first-order valence-electron chi connectivity index (χ1n) is 11.5. The van der Waals surface area contributed by atoms with E-state index in [-0.39, 0.29) is 17.8 Å². The van der Waals surface area contributed by atoms with Crippen LogP contribution in [0, 0.1) is 5.41 Å². The quantitative estimate of drug-likeness (QED) is 0.466. The lowest BCUT2D eigenvalue weighted by molar-refractivity contribution is -0.140. The van der Waals surface area contributed by atoms with Crippen molar-refractivity contribution in [3.8, 4) is 11.5 Å². The number of nitrogens with one attached hydrogen (secondary N) is 1. The summed E-state index contributed by atoms with van der Waals surface area (Å²) < 4.78 is 17.1. The van der Waals surface area contributed by atoms with Gasteiger partial charge in [0.2, 0.25) is 0 Å². The number of rotatable bonds is 6. The Balaban J connectivity index is 1.72. The first kappa shape index (κ1) is 25.0. The molecule has 1 aliphatic carbocycles. The predicted molar refractivity (Wildman–Crippen MR) is 137 cm³/mol. The monoisotopic (exact) mass is 539 g/mol. The lowest BCUT2D eigenvalue weighted by Gasteiger charge is -2.39. The van der Waals surface area contributed by atoms with Crippen molar-refractivity contribution in [3.05, 3.63) is 80.6 Å². The number of methoxy groups -OCH3 is 2. The lowest BCUT2D eigenvalue weighted by Crippen LogP contribution is -2.38. The Morgan fingerprint density at radius 2 is 1.80 bits per heavy atom. The average Bonchev–Trinajstić information content (AvgIpc) is 2.81. The minimum Gasteiger partial charge on any atom is -0.497 e. The van der Waals surface area contributed by atoms with Gasteiger partial charge in [-0.15, -0.1) is 0 Å². The number of hydrogen-bond acceptors (Lipinski definition) is 6. The summed E-state index contributed by atoms with van der Waals surface area (Å²) in [5.41, 5.74) is 4.19. The van der Waals surface area contributed by atoms with E-state index in [2.05, 4.69) is 35.1 Å². The number of allylic oxidation sites excluding steroid dienone is 3. The highest BCUT2D eigenvalue weighted by Crippen LogP contribution is 2.47. The van der Waals surface area contributed by atoms with E-state index in [1.807, 2.05) is 49.4 Å². The number of ketones is 1. The third-order valence-electron chi connectivity index (χ3n) is 6.50. The molecular weight excluding hydrogens is 510 g/mol. The van der Waals surface area contributed by atoms with Crippen molar-refractivity contribution in [1.29, 1.82) is 0 Å². The fraction of sp³-hybridized carbons (Fsp3) is 0.357. The van der Waals surface area contributed by atoms with Gasteiger partial charge in [-0.25, -0.2) is 4.79 Å². The summed E-state index contributed by atoms with van der Waals surface area (Å²) in [6.07, 6.45) is 1.15. The van der Waals surface area contributed by atoms with Gasteiger partial charge in [-0.3, -0.25) is 4.79 Å². The van der Waals surface area contributed by atoms with Crippen LogP contribution in [-0.4, -0.2) is 26.0 Å². The molecule has 0 aromatic heterocycles. The smallest absolute Gasteiger partial charge is 0.337 e. The molecule has 0 saturated heterocycles. The van der Waals surface area contributed by atoms with Crippen LogP contribution in [0.25, 0.3) is 0 Å². The molecule has 2 aliphatic rings. The molecule has 0 bridgehead atoms. The van der Waals surface area contributed by atoms with Gasteiger partial charge in [0.05, 0.1) is 24.3 Å². The average molecular weight is 540 g/mol. The summed E-state index contributed by atoms with van der Waals surface area (Å²) in [6.45, 7) is 6.16. The van der Waals surface area contributed by atoms with Crippen LogP contribution < -0.4 is 14.8 Å². The topological polar surface area (TPSA) is 73.9 Å². The summed E-state index contributed by atoms with van der Waals surface area (Å²) in [5.74, 6) is 0.483. The minimum absolute atomic E-state index is 0.0497. The van der Waals surface area contributed by atoms with E-state index in [0.717, 1.165) is 33.5 Å². The Kier molecular flexibility index (Phi) is 7.08. The zero-order valence-corrected chi connectivity index (χ0v) is 22.2. The van der Waals surface area contributed by atoms with Crippen LogP contribution in [0.1, 0.15) is 50.7 Å². The number of hydrogen-bond donors (Lipinski definition) is 1. The summed E-state index contributed by atoms with van der Waals surface area (Å²) in [6, 6.07) is 13.0. The molecule has 0 fully saturated rings. The van der Waals surface area contributed by atoms with Crippen molar-refractivity contribution in [2.24, 2.45) is 5.41 Å². The van der Waals surface area contributed by atoms with E-state index in [4.69, 9.17) is 14.2 Å². The molecule has 7 heteroatoms. The summed E-state index contributed by atoms with van der Waals surface area (Å²) >= 11 is 3.56. The van der Waals surface area contributed by atoms with Gasteiger partial charge in [-0.1, -0.05) is 32.0 Å². The molecule has 0 radical (unpaired) electrons. The molecule has 2 aromatic carbocycles. The standard InChI is InChI=1S/C28H30BrNO5/c1-16-24(27(32)35-15-17-6-9-19(33-4)10-7-17)25(18-8-11-23(34-5)20(29)12-18)26-21(30-16)13-28(2,3)14-22(26)31/h6-12,25,30H,13-15H2,1-5H3. The number of halogens is 1. The highest BCUT2D eigenvalue weighted by Gasteiger charge is 2.43. The van der Waals surface area contributed by atoms with E-state index in [1.54, 1.807) is 14.2 Å². The second kappa shape index (κ2) is 9.90. The number of Topliss-reactive ketones (excluding diaryl/α,β-unsaturated/α-hetero) is 1. The van der Waals surface area contributed by atoms with Crippen LogP contribution >= 0.6 is 15.9 Å². The SMILES string of the molecule is COc1ccc(COC(=O)C2=C(C)NC3=C(C(=O)CC(C)(C)C3)C2c2ccc(OC)c(Br)c2)cc1. The normalized spacial score (nSPS) is 19.1. The van der Waals surface area contributed by atoms with Gasteiger partial charge < -0.3 is 19.5 Å². The van der Waals surface area contributed by atoms with Crippen molar-refractivity contribution in [3.63, 3.8) is 0 Å². The largest absolute Gasteiger partial charge is 0.497 e. The second-order valence-electron chi connectivity index (χ2n) is 9.75. The Morgan fingerprint density at radius 3 is 2.43 bits per heavy atom. The van der Waals surface area contributed by atoms with Crippen LogP contribution in [0.5, 0.6) is 11.5 Å². The van der Waals surface area contributed by atoms with Gasteiger partial charge in [0, 0.05) is 29.3 Å². The van der Waals surface area contributed by atoms with Crippen molar-refractivity contribution >= 4 is 27.7 Å². The minimum atomic E-state index is -0.527. The molecule has 6 nitrogen and oxygen atoms in total. The Bertz CT molecular complexity index is 1230. The van der Waals surface area contributed by atoms with E-state index in [9.17, 15) is 9.59 Å².